The molecule has 0 saturated carbocycles. The van der Waals surface area contributed by atoms with Gasteiger partial charge in [-0.3, -0.25) is 9.59 Å². The highest BCUT2D eigenvalue weighted by Gasteiger charge is 2.46. The molecule has 1 aliphatic rings. The molecule has 1 aromatic carbocycles. The van der Waals surface area contributed by atoms with Gasteiger partial charge in [-0.25, -0.2) is 4.98 Å². The van der Waals surface area contributed by atoms with Crippen LogP contribution in [0, 0.1) is 12.3 Å². The fraction of sp³-hybridized carbons (Fsp3) is 0.450. The van der Waals surface area contributed by atoms with E-state index in [2.05, 4.69) is 4.98 Å². The number of amides is 1. The number of aliphatic carboxylic acids is 1. The molecule has 27 heavy (non-hydrogen) atoms. The van der Waals surface area contributed by atoms with Gasteiger partial charge in [-0.1, -0.05) is 30.3 Å². The number of oxazole rings is 1. The number of aryl methyl sites for hydroxylation is 2. The number of rotatable bonds is 7. The molecule has 0 bridgehead atoms. The summed E-state index contributed by atoms with van der Waals surface area (Å²) in [7, 11) is 1.48. The lowest BCUT2D eigenvalue weighted by Crippen LogP contribution is -2.40. The normalized spacial score (nSPS) is 19.4. The standard InChI is InChI=1S/C20H24N2O5/c1-14-18(15-6-4-3-5-7-15)27-16(21-14)8-9-17(23)22-11-10-20(12-22,13-26-2)19(24)25/h3-7H,8-13H2,1-2H3,(H,24,25). The minimum absolute atomic E-state index is 0.0913. The van der Waals surface area contributed by atoms with E-state index in [0.29, 0.717) is 31.0 Å². The highest BCUT2D eigenvalue weighted by Crippen LogP contribution is 2.32. The molecule has 1 saturated heterocycles. The summed E-state index contributed by atoms with van der Waals surface area (Å²) in [5.41, 5.74) is 0.727. The van der Waals surface area contributed by atoms with E-state index in [1.807, 2.05) is 37.3 Å². The number of aromatic nitrogens is 1. The van der Waals surface area contributed by atoms with Crippen LogP contribution >= 0.6 is 0 Å². The van der Waals surface area contributed by atoms with Crippen LogP contribution in [0.2, 0.25) is 0 Å². The molecule has 1 amide bonds. The average molecular weight is 372 g/mol. The van der Waals surface area contributed by atoms with Crippen LogP contribution < -0.4 is 0 Å². The number of methoxy groups -OCH3 is 1. The Morgan fingerprint density at radius 1 is 1.33 bits per heavy atom. The van der Waals surface area contributed by atoms with Crippen molar-refractivity contribution in [1.29, 1.82) is 0 Å². The fourth-order valence-corrected chi connectivity index (χ4v) is 3.50. The number of nitrogens with zero attached hydrogens (tertiary/aromatic N) is 2. The van der Waals surface area contributed by atoms with Crippen molar-refractivity contribution >= 4 is 11.9 Å². The molecule has 2 heterocycles. The van der Waals surface area contributed by atoms with Crippen molar-refractivity contribution in [3.63, 3.8) is 0 Å². The molecular formula is C20H24N2O5. The minimum atomic E-state index is -1.01. The first-order valence-corrected chi connectivity index (χ1v) is 8.97. The fourth-order valence-electron chi connectivity index (χ4n) is 3.50. The molecular weight excluding hydrogens is 348 g/mol. The van der Waals surface area contributed by atoms with E-state index >= 15 is 0 Å². The molecule has 1 N–H and O–H groups in total. The summed E-state index contributed by atoms with van der Waals surface area (Å²) in [5, 5.41) is 9.50. The number of ether oxygens (including phenoxy) is 1. The first-order valence-electron chi connectivity index (χ1n) is 8.97. The van der Waals surface area contributed by atoms with E-state index in [9.17, 15) is 14.7 Å². The van der Waals surface area contributed by atoms with Crippen molar-refractivity contribution in [3.8, 4) is 11.3 Å². The van der Waals surface area contributed by atoms with Gasteiger partial charge < -0.3 is 19.2 Å². The van der Waals surface area contributed by atoms with E-state index in [-0.39, 0.29) is 25.5 Å². The second-order valence-electron chi connectivity index (χ2n) is 6.97. The summed E-state index contributed by atoms with van der Waals surface area (Å²) in [6.45, 7) is 2.58. The topological polar surface area (TPSA) is 92.9 Å². The molecule has 7 heteroatoms. The molecule has 0 spiro atoms. The Bertz CT molecular complexity index is 817. The van der Waals surface area contributed by atoms with Gasteiger partial charge in [0.1, 0.15) is 5.41 Å². The highest BCUT2D eigenvalue weighted by atomic mass is 16.5. The minimum Gasteiger partial charge on any atom is -0.481 e. The van der Waals surface area contributed by atoms with Gasteiger partial charge in [-0.15, -0.1) is 0 Å². The largest absolute Gasteiger partial charge is 0.481 e. The summed E-state index contributed by atoms with van der Waals surface area (Å²) in [6.07, 6.45) is 1.02. The Labute approximate surface area is 158 Å². The second-order valence-corrected chi connectivity index (χ2v) is 6.97. The molecule has 1 atom stereocenters. The number of hydrogen-bond acceptors (Lipinski definition) is 5. The molecule has 0 aliphatic carbocycles. The van der Waals surface area contributed by atoms with Gasteiger partial charge >= 0.3 is 5.97 Å². The smallest absolute Gasteiger partial charge is 0.313 e. The Balaban J connectivity index is 1.61. The number of carboxylic acids is 1. The van der Waals surface area contributed by atoms with Gasteiger partial charge in [0.2, 0.25) is 5.91 Å². The van der Waals surface area contributed by atoms with Crippen LogP contribution in [0.1, 0.15) is 24.4 Å². The summed E-state index contributed by atoms with van der Waals surface area (Å²) in [4.78, 5) is 30.1. The van der Waals surface area contributed by atoms with Gasteiger partial charge in [-0.2, -0.15) is 0 Å². The number of carbonyl (C=O) groups is 2. The number of carboxylic acid groups (broad SMARTS) is 1. The van der Waals surface area contributed by atoms with E-state index in [0.717, 1.165) is 11.3 Å². The number of carbonyl (C=O) groups excluding carboxylic acids is 1. The molecule has 2 aromatic rings. The molecule has 1 aliphatic heterocycles. The summed E-state index contributed by atoms with van der Waals surface area (Å²) in [6, 6.07) is 9.71. The maximum absolute atomic E-state index is 12.5. The third-order valence-electron chi connectivity index (χ3n) is 5.01. The van der Waals surface area contributed by atoms with Crippen molar-refractivity contribution in [2.45, 2.75) is 26.2 Å². The number of hydrogen-bond donors (Lipinski definition) is 1. The van der Waals surface area contributed by atoms with Crippen LogP contribution in [-0.4, -0.2) is 53.7 Å². The van der Waals surface area contributed by atoms with Gasteiger partial charge in [0.05, 0.1) is 12.3 Å². The van der Waals surface area contributed by atoms with Crippen molar-refractivity contribution in [1.82, 2.24) is 9.88 Å². The van der Waals surface area contributed by atoms with Crippen LogP contribution in [-0.2, 0) is 20.7 Å². The number of likely N-dealkylation sites (tertiary alicyclic amines) is 1. The van der Waals surface area contributed by atoms with Crippen molar-refractivity contribution in [2.75, 3.05) is 26.8 Å². The lowest BCUT2D eigenvalue weighted by Gasteiger charge is -2.23. The SMILES string of the molecule is COCC1(C(=O)O)CCN(C(=O)CCc2nc(C)c(-c3ccccc3)o2)C1. The molecule has 1 unspecified atom stereocenters. The Morgan fingerprint density at radius 3 is 2.74 bits per heavy atom. The van der Waals surface area contributed by atoms with E-state index in [1.165, 1.54) is 7.11 Å². The monoisotopic (exact) mass is 372 g/mol. The van der Waals surface area contributed by atoms with Crippen molar-refractivity contribution in [3.05, 3.63) is 41.9 Å². The Kier molecular flexibility index (Phi) is 5.60. The summed E-state index contributed by atoms with van der Waals surface area (Å²) in [5.74, 6) is 0.214. The zero-order valence-corrected chi connectivity index (χ0v) is 15.6. The summed E-state index contributed by atoms with van der Waals surface area (Å²) < 4.78 is 10.9. The third kappa shape index (κ3) is 4.03. The van der Waals surface area contributed by atoms with Crippen molar-refractivity contribution < 1.29 is 23.8 Å². The zero-order chi connectivity index (χ0) is 19.4. The molecule has 7 nitrogen and oxygen atoms in total. The van der Waals surface area contributed by atoms with Gasteiger partial charge in [0.25, 0.3) is 0 Å². The van der Waals surface area contributed by atoms with Gasteiger partial charge in [-0.05, 0) is 13.3 Å². The highest BCUT2D eigenvalue weighted by molar-refractivity contribution is 5.81. The van der Waals surface area contributed by atoms with Gasteiger partial charge in [0, 0.05) is 38.6 Å². The Morgan fingerprint density at radius 2 is 2.07 bits per heavy atom. The van der Waals surface area contributed by atoms with E-state index in [4.69, 9.17) is 9.15 Å². The van der Waals surface area contributed by atoms with E-state index in [1.54, 1.807) is 4.90 Å². The first-order chi connectivity index (χ1) is 12.9. The van der Waals surface area contributed by atoms with Crippen LogP contribution in [0.4, 0.5) is 0 Å². The van der Waals surface area contributed by atoms with Crippen LogP contribution in [0.15, 0.2) is 34.7 Å². The quantitative estimate of drug-likeness (QED) is 0.803. The molecule has 1 aromatic heterocycles. The maximum Gasteiger partial charge on any atom is 0.313 e. The molecule has 0 radical (unpaired) electrons. The van der Waals surface area contributed by atoms with Crippen LogP contribution in [0.5, 0.6) is 0 Å². The van der Waals surface area contributed by atoms with Crippen molar-refractivity contribution in [2.24, 2.45) is 5.41 Å². The predicted octanol–water partition coefficient (Wildman–Crippen LogP) is 2.53. The van der Waals surface area contributed by atoms with E-state index < -0.39 is 11.4 Å². The molecule has 144 valence electrons. The lowest BCUT2D eigenvalue weighted by atomic mass is 9.88. The molecule has 1 fully saturated rings. The molecule has 3 rings (SSSR count). The number of benzene rings is 1. The maximum atomic E-state index is 12.5. The first kappa shape index (κ1) is 19.1. The average Bonchev–Trinajstić information content (AvgIpc) is 3.25. The van der Waals surface area contributed by atoms with Gasteiger partial charge in [0.15, 0.2) is 11.7 Å². The lowest BCUT2D eigenvalue weighted by molar-refractivity contribution is -0.151. The Hall–Kier alpha value is -2.67. The van der Waals surface area contributed by atoms with Crippen LogP contribution in [0.25, 0.3) is 11.3 Å². The predicted molar refractivity (Wildman–Crippen MR) is 98.1 cm³/mol. The summed E-state index contributed by atoms with van der Waals surface area (Å²) >= 11 is 0. The second kappa shape index (κ2) is 7.92. The van der Waals surface area contributed by atoms with Crippen LogP contribution in [0.3, 0.4) is 0 Å². The third-order valence-corrected chi connectivity index (χ3v) is 5.01. The zero-order valence-electron chi connectivity index (χ0n) is 15.6.